The van der Waals surface area contributed by atoms with Gasteiger partial charge in [-0.2, -0.15) is 4.98 Å². The second-order valence-electron chi connectivity index (χ2n) is 6.44. The maximum Gasteiger partial charge on any atom is 0.298 e. The molecule has 2 heterocycles. The maximum atomic E-state index is 5.94. The van der Waals surface area contributed by atoms with Gasteiger partial charge >= 0.3 is 0 Å². The van der Waals surface area contributed by atoms with Crippen LogP contribution < -0.4 is 15.4 Å². The SMILES string of the molecule is Cl.NCCCN(Cc1ccc(Oc2ccccn2)cc1)c1nc2ccccc2o1. The van der Waals surface area contributed by atoms with E-state index in [1.54, 1.807) is 6.20 Å². The smallest absolute Gasteiger partial charge is 0.298 e. The Labute approximate surface area is 175 Å². The lowest BCUT2D eigenvalue weighted by Gasteiger charge is -2.20. The molecule has 7 heteroatoms. The first-order valence-electron chi connectivity index (χ1n) is 9.30. The number of aromatic nitrogens is 2. The molecule has 0 aliphatic carbocycles. The zero-order chi connectivity index (χ0) is 19.2. The number of nitrogens with zero attached hydrogens (tertiary/aromatic N) is 3. The summed E-state index contributed by atoms with van der Waals surface area (Å²) < 4.78 is 11.7. The third-order valence-electron chi connectivity index (χ3n) is 4.34. The topological polar surface area (TPSA) is 77.4 Å². The summed E-state index contributed by atoms with van der Waals surface area (Å²) in [5.74, 6) is 1.32. The summed E-state index contributed by atoms with van der Waals surface area (Å²) in [5.41, 5.74) is 8.49. The number of rotatable bonds is 8. The molecule has 0 atom stereocenters. The maximum absolute atomic E-state index is 5.94. The molecule has 4 rings (SSSR count). The molecule has 0 amide bonds. The standard InChI is InChI=1S/C22H22N4O2.ClH/c23-13-5-15-26(22-25-19-6-1-2-7-20(19)28-22)16-17-9-11-18(12-10-17)27-21-8-3-4-14-24-21;/h1-4,6-12,14H,5,13,15-16,23H2;1H. The van der Waals surface area contributed by atoms with Crippen molar-refractivity contribution in [3.63, 3.8) is 0 Å². The molecule has 0 spiro atoms. The number of hydrogen-bond donors (Lipinski definition) is 1. The molecule has 0 fully saturated rings. The Balaban J connectivity index is 0.00000240. The Hall–Kier alpha value is -3.09. The fourth-order valence-electron chi connectivity index (χ4n) is 2.93. The van der Waals surface area contributed by atoms with Crippen LogP contribution >= 0.6 is 12.4 Å². The van der Waals surface area contributed by atoms with Crippen LogP contribution in [0.4, 0.5) is 6.01 Å². The molecule has 2 aromatic heterocycles. The number of para-hydroxylation sites is 2. The molecule has 4 aromatic rings. The number of hydrogen-bond acceptors (Lipinski definition) is 6. The van der Waals surface area contributed by atoms with Crippen molar-refractivity contribution in [1.29, 1.82) is 0 Å². The number of fused-ring (bicyclic) bond motifs is 1. The molecule has 29 heavy (non-hydrogen) atoms. The first-order valence-corrected chi connectivity index (χ1v) is 9.30. The van der Waals surface area contributed by atoms with Crippen molar-refractivity contribution in [3.05, 3.63) is 78.5 Å². The summed E-state index contributed by atoms with van der Waals surface area (Å²) in [6.07, 6.45) is 2.57. The summed E-state index contributed by atoms with van der Waals surface area (Å²) >= 11 is 0. The van der Waals surface area contributed by atoms with Gasteiger partial charge in [-0.05, 0) is 48.9 Å². The second-order valence-corrected chi connectivity index (χ2v) is 6.44. The van der Waals surface area contributed by atoms with E-state index < -0.39 is 0 Å². The van der Waals surface area contributed by atoms with Gasteiger partial charge in [0.05, 0.1) is 0 Å². The quantitative estimate of drug-likeness (QED) is 0.450. The van der Waals surface area contributed by atoms with E-state index in [1.165, 1.54) is 0 Å². The van der Waals surface area contributed by atoms with Gasteiger partial charge in [0.1, 0.15) is 11.3 Å². The van der Waals surface area contributed by atoms with Gasteiger partial charge in [0.25, 0.3) is 6.01 Å². The van der Waals surface area contributed by atoms with Gasteiger partial charge in [-0.3, -0.25) is 0 Å². The number of anilines is 1. The predicted octanol–water partition coefficient (Wildman–Crippen LogP) is 4.79. The van der Waals surface area contributed by atoms with Crippen LogP contribution in [-0.4, -0.2) is 23.1 Å². The molecule has 2 aromatic carbocycles. The lowest BCUT2D eigenvalue weighted by Crippen LogP contribution is -2.25. The highest BCUT2D eigenvalue weighted by Crippen LogP contribution is 2.24. The first-order chi connectivity index (χ1) is 13.8. The van der Waals surface area contributed by atoms with E-state index in [4.69, 9.17) is 14.9 Å². The Morgan fingerprint density at radius 1 is 0.966 bits per heavy atom. The summed E-state index contributed by atoms with van der Waals surface area (Å²) in [5, 5.41) is 0. The third kappa shape index (κ3) is 5.25. The first kappa shape index (κ1) is 20.6. The number of oxazole rings is 1. The lowest BCUT2D eigenvalue weighted by molar-refractivity contribution is 0.462. The molecule has 0 unspecified atom stereocenters. The van der Waals surface area contributed by atoms with Crippen LogP contribution in [0, 0.1) is 0 Å². The van der Waals surface area contributed by atoms with Gasteiger partial charge in [0, 0.05) is 25.4 Å². The number of ether oxygens (including phenoxy) is 1. The van der Waals surface area contributed by atoms with E-state index in [9.17, 15) is 0 Å². The van der Waals surface area contributed by atoms with Crippen LogP contribution in [0.15, 0.2) is 77.3 Å². The highest BCUT2D eigenvalue weighted by molar-refractivity contribution is 5.85. The van der Waals surface area contributed by atoms with Crippen molar-refractivity contribution < 1.29 is 9.15 Å². The fourth-order valence-corrected chi connectivity index (χ4v) is 2.93. The largest absolute Gasteiger partial charge is 0.439 e. The van der Waals surface area contributed by atoms with E-state index >= 15 is 0 Å². The Morgan fingerprint density at radius 3 is 2.48 bits per heavy atom. The van der Waals surface area contributed by atoms with Crippen molar-refractivity contribution in [2.24, 2.45) is 5.73 Å². The van der Waals surface area contributed by atoms with Crippen molar-refractivity contribution in [3.8, 4) is 11.6 Å². The number of benzene rings is 2. The van der Waals surface area contributed by atoms with Gasteiger partial charge in [0.2, 0.25) is 5.88 Å². The highest BCUT2D eigenvalue weighted by Gasteiger charge is 2.14. The molecule has 0 aliphatic heterocycles. The lowest BCUT2D eigenvalue weighted by atomic mass is 10.2. The molecule has 0 saturated heterocycles. The van der Waals surface area contributed by atoms with Gasteiger partial charge in [-0.15, -0.1) is 12.4 Å². The highest BCUT2D eigenvalue weighted by atomic mass is 35.5. The molecule has 150 valence electrons. The third-order valence-corrected chi connectivity index (χ3v) is 4.34. The molecule has 0 aliphatic rings. The van der Waals surface area contributed by atoms with Crippen LogP contribution in [0.2, 0.25) is 0 Å². The van der Waals surface area contributed by atoms with E-state index in [1.807, 2.05) is 66.7 Å². The molecule has 6 nitrogen and oxygen atoms in total. The Bertz CT molecular complexity index is 989. The van der Waals surface area contributed by atoms with Crippen molar-refractivity contribution in [2.75, 3.05) is 18.0 Å². The van der Waals surface area contributed by atoms with Crippen LogP contribution in [0.5, 0.6) is 11.6 Å². The van der Waals surface area contributed by atoms with E-state index in [0.717, 1.165) is 35.4 Å². The van der Waals surface area contributed by atoms with Gasteiger partial charge in [-0.25, -0.2) is 4.98 Å². The minimum Gasteiger partial charge on any atom is -0.439 e. The second kappa shape index (κ2) is 9.91. The van der Waals surface area contributed by atoms with Gasteiger partial charge in [-0.1, -0.05) is 30.3 Å². The predicted molar refractivity (Wildman–Crippen MR) is 117 cm³/mol. The number of pyridine rings is 1. The Morgan fingerprint density at radius 2 is 1.76 bits per heavy atom. The fraction of sp³-hybridized carbons (Fsp3) is 0.182. The molecule has 0 saturated carbocycles. The van der Waals surface area contributed by atoms with Crippen LogP contribution in [0.3, 0.4) is 0 Å². The van der Waals surface area contributed by atoms with Crippen molar-refractivity contribution in [2.45, 2.75) is 13.0 Å². The van der Waals surface area contributed by atoms with E-state index in [2.05, 4.69) is 14.9 Å². The summed E-state index contributed by atoms with van der Waals surface area (Å²) in [7, 11) is 0. The molecule has 2 N–H and O–H groups in total. The number of halogens is 1. The zero-order valence-corrected chi connectivity index (χ0v) is 16.7. The van der Waals surface area contributed by atoms with Crippen LogP contribution in [0.1, 0.15) is 12.0 Å². The molecular formula is C22H23ClN4O2. The molecule has 0 bridgehead atoms. The average molecular weight is 411 g/mol. The van der Waals surface area contributed by atoms with Crippen molar-refractivity contribution in [1.82, 2.24) is 9.97 Å². The van der Waals surface area contributed by atoms with Gasteiger partial charge in [0.15, 0.2) is 5.58 Å². The van der Waals surface area contributed by atoms with Crippen LogP contribution in [0.25, 0.3) is 11.1 Å². The molecular weight excluding hydrogens is 388 g/mol. The molecule has 0 radical (unpaired) electrons. The van der Waals surface area contributed by atoms with Crippen LogP contribution in [-0.2, 0) is 6.54 Å². The normalized spacial score (nSPS) is 10.5. The van der Waals surface area contributed by atoms with E-state index in [-0.39, 0.29) is 12.4 Å². The summed E-state index contributed by atoms with van der Waals surface area (Å²) in [4.78, 5) is 10.9. The van der Waals surface area contributed by atoms with Crippen molar-refractivity contribution >= 4 is 29.5 Å². The minimum absolute atomic E-state index is 0. The zero-order valence-electron chi connectivity index (χ0n) is 15.9. The Kier molecular flexibility index (Phi) is 7.05. The average Bonchev–Trinajstić information content (AvgIpc) is 3.17. The van der Waals surface area contributed by atoms with E-state index in [0.29, 0.717) is 25.0 Å². The summed E-state index contributed by atoms with van der Waals surface area (Å²) in [6, 6.07) is 21.9. The summed E-state index contributed by atoms with van der Waals surface area (Å²) in [6.45, 7) is 2.07. The minimum atomic E-state index is 0. The monoisotopic (exact) mass is 410 g/mol. The number of nitrogens with two attached hydrogens (primary N) is 1. The van der Waals surface area contributed by atoms with Gasteiger partial charge < -0.3 is 19.8 Å².